The monoisotopic (exact) mass is 400 g/mol. The number of benzene rings is 1. The lowest BCUT2D eigenvalue weighted by atomic mass is 10.1. The largest absolute Gasteiger partial charge is 0.383 e. The number of hydrogen-bond donors (Lipinski definition) is 0. The van der Waals surface area contributed by atoms with Crippen LogP contribution in [0.4, 0.5) is 0 Å². The van der Waals surface area contributed by atoms with E-state index in [1.165, 1.54) is 16.5 Å². The van der Waals surface area contributed by atoms with Gasteiger partial charge in [-0.2, -0.15) is 0 Å². The SMILES string of the molecule is COCCn1cc(CN2CCc3nc(S(C)(=O)=O)ncc3C2)c2ccccc21. The quantitative estimate of drug-likeness (QED) is 0.590. The number of ether oxygens (including phenoxy) is 1. The van der Waals surface area contributed by atoms with E-state index < -0.39 is 9.84 Å². The second-order valence-corrected chi connectivity index (χ2v) is 9.12. The van der Waals surface area contributed by atoms with Crippen molar-refractivity contribution in [1.82, 2.24) is 19.4 Å². The fourth-order valence-electron chi connectivity index (χ4n) is 3.73. The summed E-state index contributed by atoms with van der Waals surface area (Å²) in [6, 6.07) is 8.43. The van der Waals surface area contributed by atoms with Crippen molar-refractivity contribution in [2.24, 2.45) is 0 Å². The van der Waals surface area contributed by atoms with E-state index in [1.807, 2.05) is 0 Å². The summed E-state index contributed by atoms with van der Waals surface area (Å²) < 4.78 is 30.8. The van der Waals surface area contributed by atoms with Gasteiger partial charge < -0.3 is 9.30 Å². The van der Waals surface area contributed by atoms with Gasteiger partial charge in [-0.1, -0.05) is 18.2 Å². The van der Waals surface area contributed by atoms with Crippen LogP contribution in [0.15, 0.2) is 41.8 Å². The molecule has 8 heteroatoms. The van der Waals surface area contributed by atoms with Gasteiger partial charge in [0.15, 0.2) is 0 Å². The third kappa shape index (κ3) is 3.80. The van der Waals surface area contributed by atoms with Gasteiger partial charge in [-0.05, 0) is 11.6 Å². The zero-order valence-electron chi connectivity index (χ0n) is 16.1. The molecule has 3 heterocycles. The predicted molar refractivity (Wildman–Crippen MR) is 107 cm³/mol. The molecule has 0 radical (unpaired) electrons. The van der Waals surface area contributed by atoms with Crippen LogP contribution in [0.5, 0.6) is 0 Å². The first-order chi connectivity index (χ1) is 13.5. The maximum atomic E-state index is 11.7. The van der Waals surface area contributed by atoms with Crippen LogP contribution in [-0.2, 0) is 40.6 Å². The molecule has 4 rings (SSSR count). The van der Waals surface area contributed by atoms with Crippen LogP contribution in [0.3, 0.4) is 0 Å². The molecule has 0 saturated heterocycles. The Morgan fingerprint density at radius 3 is 2.86 bits per heavy atom. The zero-order valence-corrected chi connectivity index (χ0v) is 16.9. The van der Waals surface area contributed by atoms with Gasteiger partial charge in [-0.3, -0.25) is 4.90 Å². The first-order valence-corrected chi connectivity index (χ1v) is 11.2. The minimum Gasteiger partial charge on any atom is -0.383 e. The molecule has 0 N–H and O–H groups in total. The smallest absolute Gasteiger partial charge is 0.246 e. The van der Waals surface area contributed by atoms with Crippen molar-refractivity contribution < 1.29 is 13.2 Å². The van der Waals surface area contributed by atoms with Crippen molar-refractivity contribution in [3.05, 3.63) is 53.5 Å². The average Bonchev–Trinajstić information content (AvgIpc) is 3.03. The molecule has 28 heavy (non-hydrogen) atoms. The van der Waals surface area contributed by atoms with Crippen LogP contribution in [0.1, 0.15) is 16.8 Å². The lowest BCUT2D eigenvalue weighted by molar-refractivity contribution is 0.188. The molecule has 7 nitrogen and oxygen atoms in total. The van der Waals surface area contributed by atoms with E-state index in [2.05, 4.69) is 49.9 Å². The fraction of sp³-hybridized carbons (Fsp3) is 0.400. The van der Waals surface area contributed by atoms with Crippen molar-refractivity contribution in [3.8, 4) is 0 Å². The molecule has 0 saturated carbocycles. The van der Waals surface area contributed by atoms with E-state index in [9.17, 15) is 8.42 Å². The number of rotatable bonds is 6. The summed E-state index contributed by atoms with van der Waals surface area (Å²) in [4.78, 5) is 10.7. The molecule has 3 aromatic rings. The third-order valence-corrected chi connectivity index (χ3v) is 5.98. The highest BCUT2D eigenvalue weighted by molar-refractivity contribution is 7.90. The van der Waals surface area contributed by atoms with Gasteiger partial charge in [0, 0.05) is 74.8 Å². The fourth-order valence-corrected chi connectivity index (χ4v) is 4.25. The second kappa shape index (κ2) is 7.62. The molecule has 1 aliphatic rings. The van der Waals surface area contributed by atoms with Crippen molar-refractivity contribution in [1.29, 1.82) is 0 Å². The molecule has 1 aliphatic heterocycles. The highest BCUT2D eigenvalue weighted by Gasteiger charge is 2.22. The Bertz CT molecular complexity index is 1110. The molecule has 2 aromatic heterocycles. The molecule has 0 unspecified atom stereocenters. The highest BCUT2D eigenvalue weighted by Crippen LogP contribution is 2.25. The standard InChI is InChI=1S/C20H24N4O3S/c1-27-10-9-24-14-16(17-5-3-4-6-19(17)24)13-23-8-7-18-15(12-23)11-21-20(22-18)28(2,25)26/h3-6,11,14H,7-10,12-13H2,1-2H3. The molecule has 0 atom stereocenters. The van der Waals surface area contributed by atoms with E-state index in [0.717, 1.165) is 50.1 Å². The summed E-state index contributed by atoms with van der Waals surface area (Å²) in [5, 5.41) is 1.17. The van der Waals surface area contributed by atoms with Gasteiger partial charge in [0.2, 0.25) is 15.0 Å². The molecule has 1 aromatic carbocycles. The van der Waals surface area contributed by atoms with E-state index in [0.29, 0.717) is 6.61 Å². The van der Waals surface area contributed by atoms with Crippen molar-refractivity contribution >= 4 is 20.7 Å². The Balaban J connectivity index is 1.56. The molecular weight excluding hydrogens is 376 g/mol. The Morgan fingerprint density at radius 1 is 1.25 bits per heavy atom. The molecule has 0 bridgehead atoms. The topological polar surface area (TPSA) is 77.3 Å². The average molecular weight is 401 g/mol. The van der Waals surface area contributed by atoms with E-state index >= 15 is 0 Å². The Hall–Kier alpha value is -2.29. The van der Waals surface area contributed by atoms with Crippen molar-refractivity contribution in [2.75, 3.05) is 26.5 Å². The summed E-state index contributed by atoms with van der Waals surface area (Å²) in [5.41, 5.74) is 4.34. The first-order valence-electron chi connectivity index (χ1n) is 9.28. The number of hydrogen-bond acceptors (Lipinski definition) is 6. The van der Waals surface area contributed by atoms with Gasteiger partial charge in [0.1, 0.15) is 0 Å². The summed E-state index contributed by atoms with van der Waals surface area (Å²) in [7, 11) is -1.66. The molecular formula is C20H24N4O3S. The molecule has 0 fully saturated rings. The van der Waals surface area contributed by atoms with Gasteiger partial charge in [0.05, 0.1) is 12.3 Å². The molecule has 0 spiro atoms. The van der Waals surface area contributed by atoms with Crippen LogP contribution in [0.2, 0.25) is 0 Å². The third-order valence-electron chi connectivity index (χ3n) is 5.12. The Kier molecular flexibility index (Phi) is 5.18. The lowest BCUT2D eigenvalue weighted by Gasteiger charge is -2.27. The number of para-hydroxylation sites is 1. The van der Waals surface area contributed by atoms with Gasteiger partial charge >= 0.3 is 0 Å². The van der Waals surface area contributed by atoms with E-state index in [4.69, 9.17) is 4.74 Å². The number of fused-ring (bicyclic) bond motifs is 2. The maximum absolute atomic E-state index is 11.7. The van der Waals surface area contributed by atoms with Crippen molar-refractivity contribution in [3.63, 3.8) is 0 Å². The Labute approximate surface area is 164 Å². The predicted octanol–water partition coefficient (Wildman–Crippen LogP) is 2.04. The summed E-state index contributed by atoms with van der Waals surface area (Å²) in [6.07, 6.45) is 5.74. The number of aromatic nitrogens is 3. The molecule has 0 amide bonds. The molecule has 0 aliphatic carbocycles. The van der Waals surface area contributed by atoms with Crippen LogP contribution < -0.4 is 0 Å². The molecule has 148 valence electrons. The van der Waals surface area contributed by atoms with E-state index in [1.54, 1.807) is 13.3 Å². The minimum absolute atomic E-state index is 0.0825. The van der Waals surface area contributed by atoms with Gasteiger partial charge in [-0.15, -0.1) is 0 Å². The van der Waals surface area contributed by atoms with E-state index in [-0.39, 0.29) is 5.16 Å². The van der Waals surface area contributed by atoms with Crippen molar-refractivity contribution in [2.45, 2.75) is 31.2 Å². The van der Waals surface area contributed by atoms with Crippen LogP contribution >= 0.6 is 0 Å². The summed E-state index contributed by atoms with van der Waals surface area (Å²) in [6.45, 7) is 3.88. The van der Waals surface area contributed by atoms with Gasteiger partial charge in [-0.25, -0.2) is 18.4 Å². The normalized spacial score (nSPS) is 15.1. The zero-order chi connectivity index (χ0) is 19.7. The summed E-state index contributed by atoms with van der Waals surface area (Å²) in [5.74, 6) is 0. The highest BCUT2D eigenvalue weighted by atomic mass is 32.2. The number of nitrogens with zero attached hydrogens (tertiary/aromatic N) is 4. The number of sulfone groups is 1. The lowest BCUT2D eigenvalue weighted by Crippen LogP contribution is -2.31. The summed E-state index contributed by atoms with van der Waals surface area (Å²) >= 11 is 0. The van der Waals surface area contributed by atoms with Crippen LogP contribution in [0.25, 0.3) is 10.9 Å². The van der Waals surface area contributed by atoms with Crippen LogP contribution in [0, 0.1) is 0 Å². The first kappa shape index (κ1) is 19.0. The van der Waals surface area contributed by atoms with Gasteiger partial charge in [0.25, 0.3) is 0 Å². The number of methoxy groups -OCH3 is 1. The second-order valence-electron chi connectivity index (χ2n) is 7.22. The van der Waals surface area contributed by atoms with Crippen LogP contribution in [-0.4, -0.2) is 54.4 Å². The minimum atomic E-state index is -3.38. The Morgan fingerprint density at radius 2 is 2.07 bits per heavy atom. The maximum Gasteiger partial charge on any atom is 0.246 e.